The SMILES string of the molecule is CC(C)NC(=O)CN(C)c1nc2ccc(N)cc2s1. The molecule has 0 atom stereocenters. The third-order valence-corrected chi connectivity index (χ3v) is 3.69. The van der Waals surface area contributed by atoms with E-state index in [-0.39, 0.29) is 11.9 Å². The number of nitrogens with two attached hydrogens (primary N) is 1. The minimum absolute atomic E-state index is 0.00345. The molecule has 0 unspecified atom stereocenters. The van der Waals surface area contributed by atoms with Gasteiger partial charge >= 0.3 is 0 Å². The summed E-state index contributed by atoms with van der Waals surface area (Å²) < 4.78 is 1.03. The largest absolute Gasteiger partial charge is 0.399 e. The van der Waals surface area contributed by atoms with E-state index in [9.17, 15) is 4.79 Å². The monoisotopic (exact) mass is 278 g/mol. The van der Waals surface area contributed by atoms with Crippen LogP contribution in [0.3, 0.4) is 0 Å². The molecule has 6 heteroatoms. The van der Waals surface area contributed by atoms with Crippen molar-refractivity contribution in [3.63, 3.8) is 0 Å². The molecule has 0 aliphatic carbocycles. The van der Waals surface area contributed by atoms with Crippen LogP contribution in [0.5, 0.6) is 0 Å². The van der Waals surface area contributed by atoms with Gasteiger partial charge in [0, 0.05) is 18.8 Å². The normalized spacial score (nSPS) is 10.9. The lowest BCUT2D eigenvalue weighted by atomic mass is 10.3. The maximum atomic E-state index is 11.7. The number of aromatic nitrogens is 1. The summed E-state index contributed by atoms with van der Waals surface area (Å²) in [4.78, 5) is 18.1. The van der Waals surface area contributed by atoms with Gasteiger partial charge in [-0.05, 0) is 32.0 Å². The fraction of sp³-hybridized carbons (Fsp3) is 0.385. The zero-order chi connectivity index (χ0) is 14.0. The van der Waals surface area contributed by atoms with E-state index in [1.54, 1.807) is 0 Å². The number of carbonyl (C=O) groups is 1. The molecule has 0 bridgehead atoms. The highest BCUT2D eigenvalue weighted by molar-refractivity contribution is 7.22. The molecule has 0 aliphatic rings. The van der Waals surface area contributed by atoms with Gasteiger partial charge in [0.1, 0.15) is 0 Å². The van der Waals surface area contributed by atoms with E-state index in [4.69, 9.17) is 5.73 Å². The molecule has 2 aromatic rings. The number of anilines is 2. The lowest BCUT2D eigenvalue weighted by molar-refractivity contribution is -0.120. The third kappa shape index (κ3) is 3.35. The first-order valence-electron chi connectivity index (χ1n) is 6.12. The molecule has 0 radical (unpaired) electrons. The number of nitrogen functional groups attached to an aromatic ring is 1. The first kappa shape index (κ1) is 13.6. The van der Waals surface area contributed by atoms with Gasteiger partial charge in [-0.2, -0.15) is 0 Å². The lowest BCUT2D eigenvalue weighted by Crippen LogP contribution is -2.38. The minimum atomic E-state index is -0.00345. The Balaban J connectivity index is 2.13. The van der Waals surface area contributed by atoms with Gasteiger partial charge in [0.2, 0.25) is 5.91 Å². The highest BCUT2D eigenvalue weighted by Gasteiger charge is 2.12. The van der Waals surface area contributed by atoms with Crippen molar-refractivity contribution in [2.75, 3.05) is 24.2 Å². The molecule has 1 aromatic carbocycles. The van der Waals surface area contributed by atoms with E-state index in [0.717, 1.165) is 21.0 Å². The van der Waals surface area contributed by atoms with Gasteiger partial charge in [-0.1, -0.05) is 11.3 Å². The van der Waals surface area contributed by atoms with Crippen molar-refractivity contribution in [1.29, 1.82) is 0 Å². The second-order valence-electron chi connectivity index (χ2n) is 4.80. The van der Waals surface area contributed by atoms with E-state index in [0.29, 0.717) is 6.54 Å². The number of hydrogen-bond donors (Lipinski definition) is 2. The van der Waals surface area contributed by atoms with E-state index < -0.39 is 0 Å². The van der Waals surface area contributed by atoms with Crippen LogP contribution in [0.2, 0.25) is 0 Å². The Kier molecular flexibility index (Phi) is 3.90. The Bertz CT molecular complexity index is 593. The molecule has 0 fully saturated rings. The Morgan fingerprint density at radius 3 is 2.95 bits per heavy atom. The highest BCUT2D eigenvalue weighted by atomic mass is 32.1. The number of hydrogen-bond acceptors (Lipinski definition) is 5. The van der Waals surface area contributed by atoms with E-state index in [1.165, 1.54) is 11.3 Å². The number of likely N-dealkylation sites (N-methyl/N-ethyl adjacent to an activating group) is 1. The van der Waals surface area contributed by atoms with Gasteiger partial charge in [0.05, 0.1) is 16.8 Å². The number of fused-ring (bicyclic) bond motifs is 1. The van der Waals surface area contributed by atoms with E-state index in [1.807, 2.05) is 44.0 Å². The summed E-state index contributed by atoms with van der Waals surface area (Å²) in [5.41, 5.74) is 7.38. The summed E-state index contributed by atoms with van der Waals surface area (Å²) in [6.45, 7) is 4.18. The van der Waals surface area contributed by atoms with Crippen LogP contribution in [0.4, 0.5) is 10.8 Å². The molecular formula is C13H18N4OS. The smallest absolute Gasteiger partial charge is 0.239 e. The number of carbonyl (C=O) groups excluding carboxylic acids is 1. The van der Waals surface area contributed by atoms with Gasteiger partial charge in [0.15, 0.2) is 5.13 Å². The van der Waals surface area contributed by atoms with Gasteiger partial charge < -0.3 is 16.0 Å². The van der Waals surface area contributed by atoms with Crippen molar-refractivity contribution in [3.8, 4) is 0 Å². The number of benzene rings is 1. The van der Waals surface area contributed by atoms with Crippen LogP contribution in [0, 0.1) is 0 Å². The lowest BCUT2D eigenvalue weighted by Gasteiger charge is -2.16. The molecule has 1 amide bonds. The number of nitrogens with one attached hydrogen (secondary N) is 1. The first-order chi connectivity index (χ1) is 8.95. The Morgan fingerprint density at radius 2 is 2.26 bits per heavy atom. The van der Waals surface area contributed by atoms with Crippen molar-refractivity contribution in [2.24, 2.45) is 0 Å². The molecular weight excluding hydrogens is 260 g/mol. The third-order valence-electron chi connectivity index (χ3n) is 2.56. The Hall–Kier alpha value is -1.82. The zero-order valence-electron chi connectivity index (χ0n) is 11.3. The number of thiazole rings is 1. The van der Waals surface area contributed by atoms with Gasteiger partial charge in [-0.25, -0.2) is 4.98 Å². The summed E-state index contributed by atoms with van der Waals surface area (Å²) in [7, 11) is 1.86. The fourth-order valence-electron chi connectivity index (χ4n) is 1.74. The molecule has 19 heavy (non-hydrogen) atoms. The van der Waals surface area contributed by atoms with Gasteiger partial charge in [0.25, 0.3) is 0 Å². The van der Waals surface area contributed by atoms with Crippen molar-refractivity contribution in [1.82, 2.24) is 10.3 Å². The molecule has 3 N–H and O–H groups in total. The molecule has 2 rings (SSSR count). The van der Waals surface area contributed by atoms with Crippen LogP contribution in [0.25, 0.3) is 10.2 Å². The maximum Gasteiger partial charge on any atom is 0.239 e. The molecule has 0 saturated heterocycles. The first-order valence-corrected chi connectivity index (χ1v) is 6.94. The fourth-order valence-corrected chi connectivity index (χ4v) is 2.72. The quantitative estimate of drug-likeness (QED) is 0.837. The van der Waals surface area contributed by atoms with Crippen LogP contribution < -0.4 is 16.0 Å². The Morgan fingerprint density at radius 1 is 1.53 bits per heavy atom. The number of nitrogens with zero attached hydrogens (tertiary/aromatic N) is 2. The second kappa shape index (κ2) is 5.44. The molecule has 1 aromatic heterocycles. The number of rotatable bonds is 4. The highest BCUT2D eigenvalue weighted by Crippen LogP contribution is 2.29. The molecule has 0 saturated carbocycles. The average Bonchev–Trinajstić information content (AvgIpc) is 2.70. The van der Waals surface area contributed by atoms with Crippen LogP contribution >= 0.6 is 11.3 Å². The van der Waals surface area contributed by atoms with E-state index >= 15 is 0 Å². The van der Waals surface area contributed by atoms with Gasteiger partial charge in [-0.15, -0.1) is 0 Å². The second-order valence-corrected chi connectivity index (χ2v) is 5.81. The zero-order valence-corrected chi connectivity index (χ0v) is 12.1. The van der Waals surface area contributed by atoms with Crippen molar-refractivity contribution in [2.45, 2.75) is 19.9 Å². The van der Waals surface area contributed by atoms with E-state index in [2.05, 4.69) is 10.3 Å². The molecule has 0 aliphatic heterocycles. The average molecular weight is 278 g/mol. The Labute approximate surface area is 116 Å². The maximum absolute atomic E-state index is 11.7. The summed E-state index contributed by atoms with van der Waals surface area (Å²) >= 11 is 1.54. The van der Waals surface area contributed by atoms with Crippen LogP contribution in [-0.2, 0) is 4.79 Å². The van der Waals surface area contributed by atoms with Gasteiger partial charge in [-0.3, -0.25) is 4.79 Å². The van der Waals surface area contributed by atoms with Crippen LogP contribution in [-0.4, -0.2) is 30.5 Å². The summed E-state index contributed by atoms with van der Waals surface area (Å²) in [5, 5.41) is 3.68. The summed E-state index contributed by atoms with van der Waals surface area (Å²) in [5.74, 6) is -0.00345. The van der Waals surface area contributed by atoms with Crippen molar-refractivity contribution < 1.29 is 4.79 Å². The predicted octanol–water partition coefficient (Wildman–Crippen LogP) is 1.84. The predicted molar refractivity (Wildman–Crippen MR) is 80.6 cm³/mol. The summed E-state index contributed by atoms with van der Waals surface area (Å²) in [6, 6.07) is 5.78. The molecule has 1 heterocycles. The topological polar surface area (TPSA) is 71.2 Å². The van der Waals surface area contributed by atoms with Crippen molar-refractivity contribution in [3.05, 3.63) is 18.2 Å². The standard InChI is InChI=1S/C13H18N4OS/c1-8(2)15-12(18)7-17(3)13-16-10-5-4-9(14)6-11(10)19-13/h4-6,8H,7,14H2,1-3H3,(H,15,18). The van der Waals surface area contributed by atoms with Crippen LogP contribution in [0.1, 0.15) is 13.8 Å². The number of amides is 1. The minimum Gasteiger partial charge on any atom is -0.399 e. The van der Waals surface area contributed by atoms with Crippen LogP contribution in [0.15, 0.2) is 18.2 Å². The van der Waals surface area contributed by atoms with Crippen molar-refractivity contribution >= 4 is 38.3 Å². The molecule has 5 nitrogen and oxygen atoms in total. The molecule has 0 spiro atoms. The summed E-state index contributed by atoms with van der Waals surface area (Å²) in [6.07, 6.45) is 0. The molecule has 102 valence electrons.